The number of nitrogens with zero attached hydrogens (tertiary/aromatic N) is 4. The van der Waals surface area contributed by atoms with Crippen LogP contribution < -0.4 is 10.1 Å². The number of aromatic nitrogens is 3. The fourth-order valence-electron chi connectivity index (χ4n) is 8.49. The average molecular weight is 490 g/mol. The van der Waals surface area contributed by atoms with Crippen molar-refractivity contribution in [3.8, 4) is 5.75 Å². The molecule has 190 valence electrons. The molecule has 6 aliphatic rings. The molecule has 4 aliphatic carbocycles. The molecule has 1 saturated heterocycles. The van der Waals surface area contributed by atoms with E-state index >= 15 is 0 Å². The van der Waals surface area contributed by atoms with Crippen LogP contribution in [0.1, 0.15) is 81.2 Å². The normalized spacial score (nSPS) is 34.0. The molecule has 2 amide bonds. The van der Waals surface area contributed by atoms with Crippen molar-refractivity contribution in [3.05, 3.63) is 41.2 Å². The van der Waals surface area contributed by atoms with Crippen molar-refractivity contribution in [2.45, 2.75) is 90.1 Å². The van der Waals surface area contributed by atoms with Crippen LogP contribution in [0.25, 0.3) is 0 Å². The number of fused-ring (bicyclic) bond motifs is 1. The number of benzene rings is 1. The molecule has 8 nitrogen and oxygen atoms in total. The predicted octanol–water partition coefficient (Wildman–Crippen LogP) is 3.76. The van der Waals surface area contributed by atoms with Crippen molar-refractivity contribution in [2.24, 2.45) is 23.2 Å². The van der Waals surface area contributed by atoms with Crippen LogP contribution in [-0.2, 0) is 29.3 Å². The second-order valence-corrected chi connectivity index (χ2v) is 12.2. The summed E-state index contributed by atoms with van der Waals surface area (Å²) in [5.74, 6) is 3.24. The molecule has 1 N–H and O–H groups in total. The third kappa shape index (κ3) is 3.76. The lowest BCUT2D eigenvalue weighted by atomic mass is 9.48. The Hall–Kier alpha value is -2.74. The van der Waals surface area contributed by atoms with E-state index in [0.717, 1.165) is 34.8 Å². The van der Waals surface area contributed by atoms with Gasteiger partial charge in [-0.3, -0.25) is 19.8 Å². The molecule has 2 aromatic rings. The molecule has 0 unspecified atom stereocenters. The second-order valence-electron chi connectivity index (χ2n) is 12.2. The molecule has 0 radical (unpaired) electrons. The van der Waals surface area contributed by atoms with Gasteiger partial charge in [-0.25, -0.2) is 4.68 Å². The maximum atomic E-state index is 12.4. The van der Waals surface area contributed by atoms with E-state index in [1.54, 1.807) is 0 Å². The molecule has 1 aromatic heterocycles. The molecule has 2 atom stereocenters. The first-order valence-corrected chi connectivity index (χ1v) is 13.7. The Morgan fingerprint density at radius 3 is 2.58 bits per heavy atom. The summed E-state index contributed by atoms with van der Waals surface area (Å²) in [6, 6.07) is 6.20. The highest BCUT2D eigenvalue weighted by atomic mass is 16.5. The van der Waals surface area contributed by atoms with E-state index in [-0.39, 0.29) is 17.9 Å². The molecule has 4 bridgehead atoms. The molecule has 2 aliphatic heterocycles. The average Bonchev–Trinajstić information content (AvgIpc) is 3.49. The van der Waals surface area contributed by atoms with E-state index < -0.39 is 0 Å². The summed E-state index contributed by atoms with van der Waals surface area (Å²) < 4.78 is 8.36. The van der Waals surface area contributed by atoms with Crippen LogP contribution in [0.3, 0.4) is 0 Å². The number of nitrogens with one attached hydrogen (secondary N) is 1. The summed E-state index contributed by atoms with van der Waals surface area (Å²) in [6.45, 7) is 4.06. The van der Waals surface area contributed by atoms with Gasteiger partial charge in [0.05, 0.1) is 18.3 Å². The van der Waals surface area contributed by atoms with Gasteiger partial charge in [0.1, 0.15) is 18.1 Å². The van der Waals surface area contributed by atoms with Crippen LogP contribution in [0.2, 0.25) is 0 Å². The molecular formula is C28H35N5O3. The molecule has 3 heterocycles. The van der Waals surface area contributed by atoms with E-state index in [9.17, 15) is 9.59 Å². The zero-order valence-electron chi connectivity index (χ0n) is 21.0. The summed E-state index contributed by atoms with van der Waals surface area (Å²) in [5.41, 5.74) is 3.54. The Balaban J connectivity index is 1.02. The Morgan fingerprint density at radius 2 is 1.86 bits per heavy atom. The topological polar surface area (TPSA) is 89.4 Å². The maximum absolute atomic E-state index is 12.4. The number of carbonyl (C=O) groups excluding carboxylic acids is 2. The van der Waals surface area contributed by atoms with Crippen LogP contribution in [-0.4, -0.2) is 37.7 Å². The molecule has 4 saturated carbocycles. The zero-order chi connectivity index (χ0) is 24.4. The standard InChI is InChI=1S/C28H35N5O3/c1-17(28-10-18-7-19(11-28)9-20(8-18)12-28)33-14-22(30-31-33)16-36-25-4-2-3-21-13-32(15-23(21)25)24-5-6-26(34)29-27(24)35/h2-4,14,17-20,24H,5-13,15-16H2,1H3,(H,29,34,35)/t17-,18?,19?,20?,24-,28?/m0/s1. The summed E-state index contributed by atoms with van der Waals surface area (Å²) >= 11 is 0. The smallest absolute Gasteiger partial charge is 0.243 e. The van der Waals surface area contributed by atoms with E-state index in [0.29, 0.717) is 44.0 Å². The first-order chi connectivity index (χ1) is 17.5. The fraction of sp³-hybridized carbons (Fsp3) is 0.643. The highest BCUT2D eigenvalue weighted by Crippen LogP contribution is 2.63. The van der Waals surface area contributed by atoms with Crippen molar-refractivity contribution < 1.29 is 14.3 Å². The predicted molar refractivity (Wildman–Crippen MR) is 132 cm³/mol. The molecule has 8 heteroatoms. The molecule has 5 fully saturated rings. The summed E-state index contributed by atoms with van der Waals surface area (Å²) in [5, 5.41) is 11.5. The molecule has 0 spiro atoms. The monoisotopic (exact) mass is 489 g/mol. The summed E-state index contributed by atoms with van der Waals surface area (Å²) in [7, 11) is 0. The van der Waals surface area contributed by atoms with Crippen LogP contribution in [0, 0.1) is 23.2 Å². The van der Waals surface area contributed by atoms with Gasteiger partial charge in [-0.05, 0) is 86.7 Å². The summed E-state index contributed by atoms with van der Waals surface area (Å²) in [6.07, 6.45) is 11.5. The fourth-order valence-corrected chi connectivity index (χ4v) is 8.49. The van der Waals surface area contributed by atoms with Gasteiger partial charge in [0.2, 0.25) is 11.8 Å². The van der Waals surface area contributed by atoms with E-state index in [2.05, 4.69) is 44.4 Å². The Kier molecular flexibility index (Phi) is 5.24. The first kappa shape index (κ1) is 22.5. The number of hydrogen-bond donors (Lipinski definition) is 1. The lowest BCUT2D eigenvalue weighted by Crippen LogP contribution is -2.50. The number of carbonyl (C=O) groups is 2. The van der Waals surface area contributed by atoms with Gasteiger partial charge >= 0.3 is 0 Å². The van der Waals surface area contributed by atoms with Crippen molar-refractivity contribution in [1.82, 2.24) is 25.2 Å². The van der Waals surface area contributed by atoms with Crippen LogP contribution in [0.4, 0.5) is 0 Å². The highest BCUT2D eigenvalue weighted by Gasteiger charge is 2.53. The number of ether oxygens (including phenoxy) is 1. The van der Waals surface area contributed by atoms with Gasteiger partial charge in [0.15, 0.2) is 0 Å². The zero-order valence-corrected chi connectivity index (χ0v) is 21.0. The van der Waals surface area contributed by atoms with Gasteiger partial charge in [-0.2, -0.15) is 0 Å². The number of hydrogen-bond acceptors (Lipinski definition) is 6. The SMILES string of the molecule is C[C@H](n1cc(COc2cccc3c2CN([C@H]2CCC(=O)NC2=O)C3)nn1)C12CC3CC(CC(C3)C1)C2. The third-order valence-electron chi connectivity index (χ3n) is 9.92. The Morgan fingerprint density at radius 1 is 1.11 bits per heavy atom. The summed E-state index contributed by atoms with van der Waals surface area (Å²) in [4.78, 5) is 26.1. The highest BCUT2D eigenvalue weighted by molar-refractivity contribution is 6.00. The number of amides is 2. The van der Waals surface area contributed by atoms with Crippen molar-refractivity contribution in [2.75, 3.05) is 0 Å². The molecule has 36 heavy (non-hydrogen) atoms. The van der Waals surface area contributed by atoms with Crippen molar-refractivity contribution >= 4 is 11.8 Å². The van der Waals surface area contributed by atoms with Gasteiger partial charge in [-0.1, -0.05) is 17.3 Å². The minimum Gasteiger partial charge on any atom is -0.487 e. The lowest BCUT2D eigenvalue weighted by molar-refractivity contribution is -0.137. The first-order valence-electron chi connectivity index (χ1n) is 13.7. The third-order valence-corrected chi connectivity index (χ3v) is 9.92. The molecule has 1 aromatic carbocycles. The van der Waals surface area contributed by atoms with Gasteiger partial charge in [0, 0.05) is 25.1 Å². The minimum absolute atomic E-state index is 0.178. The Labute approximate surface area is 211 Å². The van der Waals surface area contributed by atoms with Crippen LogP contribution in [0.5, 0.6) is 5.75 Å². The van der Waals surface area contributed by atoms with Crippen molar-refractivity contribution in [1.29, 1.82) is 0 Å². The van der Waals surface area contributed by atoms with E-state index in [1.807, 2.05) is 12.1 Å². The largest absolute Gasteiger partial charge is 0.487 e. The second kappa shape index (κ2) is 8.40. The van der Waals surface area contributed by atoms with Crippen LogP contribution in [0.15, 0.2) is 24.4 Å². The minimum atomic E-state index is -0.270. The van der Waals surface area contributed by atoms with Crippen molar-refractivity contribution in [3.63, 3.8) is 0 Å². The number of piperidine rings is 1. The maximum Gasteiger partial charge on any atom is 0.243 e. The van der Waals surface area contributed by atoms with Gasteiger partial charge in [0.25, 0.3) is 0 Å². The Bertz CT molecular complexity index is 1170. The lowest BCUT2D eigenvalue weighted by Gasteiger charge is -2.58. The van der Waals surface area contributed by atoms with E-state index in [1.165, 1.54) is 44.1 Å². The number of imide groups is 1. The number of rotatable bonds is 6. The van der Waals surface area contributed by atoms with Crippen LogP contribution >= 0.6 is 0 Å². The molecule has 8 rings (SSSR count). The van der Waals surface area contributed by atoms with Gasteiger partial charge < -0.3 is 4.74 Å². The van der Waals surface area contributed by atoms with E-state index in [4.69, 9.17) is 4.74 Å². The van der Waals surface area contributed by atoms with Gasteiger partial charge in [-0.15, -0.1) is 5.10 Å². The quantitative estimate of drug-likeness (QED) is 0.622. The molecular weight excluding hydrogens is 454 g/mol.